The second-order valence-electron chi connectivity index (χ2n) is 6.37. The highest BCUT2D eigenvalue weighted by Crippen LogP contribution is 2.27. The molecule has 9 heteroatoms. The van der Waals surface area contributed by atoms with Gasteiger partial charge in [0.05, 0.1) is 35.0 Å². The molecular formula is C18H24N6O2S. The molecule has 1 N–H and O–H groups in total. The Balaban J connectivity index is 1.75. The maximum atomic E-state index is 12.7. The molecule has 1 amide bonds. The Morgan fingerprint density at radius 3 is 2.78 bits per heavy atom. The molecule has 0 saturated carbocycles. The predicted molar refractivity (Wildman–Crippen MR) is 108 cm³/mol. The summed E-state index contributed by atoms with van der Waals surface area (Å²) in [5.41, 5.74) is 1.16. The lowest BCUT2D eigenvalue weighted by molar-refractivity contribution is 0.103. The van der Waals surface area contributed by atoms with Gasteiger partial charge in [-0.3, -0.25) is 14.3 Å². The third kappa shape index (κ3) is 3.93. The van der Waals surface area contributed by atoms with Gasteiger partial charge in [0.2, 0.25) is 0 Å². The number of fused-ring (bicyclic) bond motifs is 1. The fraction of sp³-hybridized carbons (Fsp3) is 0.444. The van der Waals surface area contributed by atoms with Gasteiger partial charge in [-0.15, -0.1) is 11.3 Å². The molecule has 3 aromatic heterocycles. The first kappa shape index (κ1) is 19.2. The van der Waals surface area contributed by atoms with Crippen molar-refractivity contribution in [2.45, 2.75) is 27.3 Å². The van der Waals surface area contributed by atoms with Crippen LogP contribution in [0.25, 0.3) is 10.2 Å². The maximum Gasteiger partial charge on any atom is 0.266 e. The fourth-order valence-electron chi connectivity index (χ4n) is 2.95. The van der Waals surface area contributed by atoms with Crippen LogP contribution in [0, 0.1) is 6.92 Å². The third-order valence-electron chi connectivity index (χ3n) is 4.65. The molecule has 3 heterocycles. The fourth-order valence-corrected chi connectivity index (χ4v) is 3.98. The van der Waals surface area contributed by atoms with E-state index in [9.17, 15) is 9.59 Å². The van der Waals surface area contributed by atoms with E-state index >= 15 is 0 Å². The summed E-state index contributed by atoms with van der Waals surface area (Å²) in [6.45, 7) is 9.72. The van der Waals surface area contributed by atoms with Gasteiger partial charge in [0.15, 0.2) is 0 Å². The molecule has 0 aromatic carbocycles. The SMILES string of the molecule is CCN(CC)CCn1cc(NC(=O)c2sc3ncn(C)c(=O)c3c2C)cn1. The Kier molecular flexibility index (Phi) is 5.71. The molecule has 8 nitrogen and oxygen atoms in total. The zero-order valence-electron chi connectivity index (χ0n) is 16.0. The van der Waals surface area contributed by atoms with E-state index in [1.165, 1.54) is 22.2 Å². The Morgan fingerprint density at radius 1 is 1.33 bits per heavy atom. The van der Waals surface area contributed by atoms with Gasteiger partial charge in [0.25, 0.3) is 11.5 Å². The first-order valence-electron chi connectivity index (χ1n) is 8.95. The number of anilines is 1. The van der Waals surface area contributed by atoms with Gasteiger partial charge in [-0.1, -0.05) is 13.8 Å². The van der Waals surface area contributed by atoms with E-state index < -0.39 is 0 Å². The number of nitrogens with one attached hydrogen (secondary N) is 1. The van der Waals surface area contributed by atoms with E-state index in [2.05, 4.69) is 34.1 Å². The quantitative estimate of drug-likeness (QED) is 0.670. The number of likely N-dealkylation sites (N-methyl/N-ethyl adjacent to an activating group) is 1. The van der Waals surface area contributed by atoms with Crippen LogP contribution >= 0.6 is 11.3 Å². The zero-order chi connectivity index (χ0) is 19.6. The van der Waals surface area contributed by atoms with Crippen LogP contribution in [0.3, 0.4) is 0 Å². The molecule has 0 aliphatic rings. The predicted octanol–water partition coefficient (Wildman–Crippen LogP) is 2.09. The smallest absolute Gasteiger partial charge is 0.266 e. The summed E-state index contributed by atoms with van der Waals surface area (Å²) in [5, 5.41) is 7.68. The van der Waals surface area contributed by atoms with Crippen LogP contribution in [0.4, 0.5) is 5.69 Å². The van der Waals surface area contributed by atoms with Gasteiger partial charge >= 0.3 is 0 Å². The highest BCUT2D eigenvalue weighted by Gasteiger charge is 2.19. The van der Waals surface area contributed by atoms with Crippen molar-refractivity contribution in [3.05, 3.63) is 39.5 Å². The molecule has 0 spiro atoms. The van der Waals surface area contributed by atoms with E-state index in [-0.39, 0.29) is 11.5 Å². The number of aromatic nitrogens is 4. The molecule has 0 atom stereocenters. The lowest BCUT2D eigenvalue weighted by atomic mass is 10.2. The van der Waals surface area contributed by atoms with Gasteiger partial charge in [-0.05, 0) is 25.6 Å². The van der Waals surface area contributed by atoms with E-state index in [4.69, 9.17) is 0 Å². The standard InChI is InChI=1S/C18H24N6O2S/c1-5-23(6-2)7-8-24-10-13(9-20-24)21-16(25)15-12(3)14-17(27-15)19-11-22(4)18(14)26/h9-11H,5-8H2,1-4H3,(H,21,25). The highest BCUT2D eigenvalue weighted by atomic mass is 32.1. The lowest BCUT2D eigenvalue weighted by Gasteiger charge is -2.17. The molecule has 27 heavy (non-hydrogen) atoms. The summed E-state index contributed by atoms with van der Waals surface area (Å²) in [6, 6.07) is 0. The van der Waals surface area contributed by atoms with Crippen molar-refractivity contribution in [1.29, 1.82) is 0 Å². The average molecular weight is 388 g/mol. The van der Waals surface area contributed by atoms with Gasteiger partial charge in [-0.2, -0.15) is 5.10 Å². The number of aryl methyl sites for hydroxylation is 2. The van der Waals surface area contributed by atoms with Crippen molar-refractivity contribution >= 4 is 33.1 Å². The number of hydrogen-bond acceptors (Lipinski definition) is 6. The number of carbonyl (C=O) groups excluding carboxylic acids is 1. The number of amides is 1. The van der Waals surface area contributed by atoms with Crippen LogP contribution in [0.15, 0.2) is 23.5 Å². The van der Waals surface area contributed by atoms with E-state index in [1.54, 1.807) is 20.2 Å². The summed E-state index contributed by atoms with van der Waals surface area (Å²) in [6.07, 6.45) is 4.93. The Morgan fingerprint density at radius 2 is 2.07 bits per heavy atom. The van der Waals surface area contributed by atoms with Crippen LogP contribution in [0.1, 0.15) is 29.1 Å². The largest absolute Gasteiger partial charge is 0.319 e. The molecule has 0 bridgehead atoms. The van der Waals surface area contributed by atoms with Crippen molar-refractivity contribution in [2.75, 3.05) is 25.0 Å². The van der Waals surface area contributed by atoms with Crippen molar-refractivity contribution in [3.63, 3.8) is 0 Å². The number of thiophene rings is 1. The van der Waals surface area contributed by atoms with E-state index in [1.807, 2.05) is 10.9 Å². The number of rotatable bonds is 7. The monoisotopic (exact) mass is 388 g/mol. The molecule has 3 rings (SSSR count). The topological polar surface area (TPSA) is 85.0 Å². The Hall–Kier alpha value is -2.52. The zero-order valence-corrected chi connectivity index (χ0v) is 16.8. The first-order chi connectivity index (χ1) is 12.9. The van der Waals surface area contributed by atoms with Crippen molar-refractivity contribution in [3.8, 4) is 0 Å². The summed E-state index contributed by atoms with van der Waals surface area (Å²) < 4.78 is 3.24. The molecule has 0 aliphatic carbocycles. The first-order valence-corrected chi connectivity index (χ1v) is 9.77. The van der Waals surface area contributed by atoms with Crippen LogP contribution in [0.5, 0.6) is 0 Å². The van der Waals surface area contributed by atoms with Crippen LogP contribution < -0.4 is 10.9 Å². The van der Waals surface area contributed by atoms with Gasteiger partial charge in [0, 0.05) is 19.8 Å². The number of nitrogens with zero attached hydrogens (tertiary/aromatic N) is 5. The minimum atomic E-state index is -0.249. The highest BCUT2D eigenvalue weighted by molar-refractivity contribution is 7.20. The molecular weight excluding hydrogens is 364 g/mol. The normalized spacial score (nSPS) is 11.4. The minimum Gasteiger partial charge on any atom is -0.319 e. The number of carbonyl (C=O) groups is 1. The summed E-state index contributed by atoms with van der Waals surface area (Å²) in [5.74, 6) is -0.249. The summed E-state index contributed by atoms with van der Waals surface area (Å²) >= 11 is 1.23. The average Bonchev–Trinajstić information content (AvgIpc) is 3.23. The van der Waals surface area contributed by atoms with Crippen LogP contribution in [-0.4, -0.2) is 49.8 Å². The van der Waals surface area contributed by atoms with Crippen molar-refractivity contribution in [1.82, 2.24) is 24.2 Å². The molecule has 0 unspecified atom stereocenters. The summed E-state index contributed by atoms with van der Waals surface area (Å²) in [7, 11) is 1.65. The number of hydrogen-bond donors (Lipinski definition) is 1. The van der Waals surface area contributed by atoms with Crippen LogP contribution in [0.2, 0.25) is 0 Å². The van der Waals surface area contributed by atoms with Crippen LogP contribution in [-0.2, 0) is 13.6 Å². The molecule has 3 aromatic rings. The maximum absolute atomic E-state index is 12.7. The second-order valence-corrected chi connectivity index (χ2v) is 7.37. The van der Waals surface area contributed by atoms with E-state index in [0.29, 0.717) is 26.3 Å². The third-order valence-corrected chi connectivity index (χ3v) is 5.85. The second kappa shape index (κ2) is 8.01. The van der Waals surface area contributed by atoms with Gasteiger partial charge in [0.1, 0.15) is 4.83 Å². The molecule has 0 fully saturated rings. The Labute approximate surface area is 161 Å². The van der Waals surface area contributed by atoms with Crippen molar-refractivity contribution in [2.24, 2.45) is 7.05 Å². The van der Waals surface area contributed by atoms with E-state index in [0.717, 1.165) is 26.2 Å². The molecule has 0 saturated heterocycles. The molecule has 0 radical (unpaired) electrons. The molecule has 144 valence electrons. The van der Waals surface area contributed by atoms with Gasteiger partial charge < -0.3 is 14.8 Å². The molecule has 0 aliphatic heterocycles. The van der Waals surface area contributed by atoms with Crippen molar-refractivity contribution < 1.29 is 4.79 Å². The summed E-state index contributed by atoms with van der Waals surface area (Å²) in [4.78, 5) is 32.6. The lowest BCUT2D eigenvalue weighted by Crippen LogP contribution is -2.27. The van der Waals surface area contributed by atoms with Gasteiger partial charge in [-0.25, -0.2) is 4.98 Å². The Bertz CT molecular complexity index is 1010. The minimum absolute atomic E-state index is 0.142.